The summed E-state index contributed by atoms with van der Waals surface area (Å²) in [6.45, 7) is 3.32. The van der Waals surface area contributed by atoms with Crippen LogP contribution in [-0.2, 0) is 6.54 Å². The third-order valence-corrected chi connectivity index (χ3v) is 4.82. The molecule has 0 saturated heterocycles. The van der Waals surface area contributed by atoms with Crippen LogP contribution in [0.1, 0.15) is 31.5 Å². The molecule has 0 bridgehead atoms. The van der Waals surface area contributed by atoms with E-state index in [0.717, 1.165) is 43.6 Å². The van der Waals surface area contributed by atoms with Crippen molar-refractivity contribution in [3.8, 4) is 0 Å². The minimum Gasteiger partial charge on any atom is -0.388 e. The third kappa shape index (κ3) is 2.23. The molecular weight excluding hydrogens is 250 g/mol. The molecule has 1 saturated carbocycles. The average molecular weight is 273 g/mol. The quantitative estimate of drug-likeness (QED) is 0.898. The molecular formula is C16H23N3O. The van der Waals surface area contributed by atoms with Crippen LogP contribution in [0.3, 0.4) is 0 Å². The lowest BCUT2D eigenvalue weighted by atomic mass is 9.88. The lowest BCUT2D eigenvalue weighted by Crippen LogP contribution is -2.41. The van der Waals surface area contributed by atoms with Gasteiger partial charge in [0.15, 0.2) is 0 Å². The molecule has 1 heterocycles. The molecule has 1 aromatic carbocycles. The van der Waals surface area contributed by atoms with E-state index >= 15 is 0 Å². The maximum atomic E-state index is 10.5. The smallest absolute Gasteiger partial charge is 0.106 e. The van der Waals surface area contributed by atoms with Crippen LogP contribution in [0.15, 0.2) is 24.3 Å². The van der Waals surface area contributed by atoms with Crippen LogP contribution < -0.4 is 5.73 Å². The molecule has 108 valence electrons. The van der Waals surface area contributed by atoms with Gasteiger partial charge >= 0.3 is 0 Å². The van der Waals surface area contributed by atoms with Crippen molar-refractivity contribution in [3.63, 3.8) is 0 Å². The zero-order valence-corrected chi connectivity index (χ0v) is 12.0. The molecule has 2 aromatic rings. The molecule has 2 unspecified atom stereocenters. The van der Waals surface area contributed by atoms with Crippen LogP contribution in [0.25, 0.3) is 11.0 Å². The number of aromatic nitrogens is 2. The minimum absolute atomic E-state index is 0.313. The van der Waals surface area contributed by atoms with Gasteiger partial charge in [0.05, 0.1) is 16.6 Å². The van der Waals surface area contributed by atoms with Gasteiger partial charge in [0.1, 0.15) is 5.82 Å². The highest BCUT2D eigenvalue weighted by molar-refractivity contribution is 5.75. The second-order valence-electron chi connectivity index (χ2n) is 5.98. The number of fused-ring (bicyclic) bond motifs is 1. The number of aliphatic hydroxyl groups is 1. The van der Waals surface area contributed by atoms with E-state index in [-0.39, 0.29) is 0 Å². The summed E-state index contributed by atoms with van der Waals surface area (Å²) < 4.78 is 2.25. The SMILES string of the molecule is Cc1nc2ccccc2n1CCC1CCCC1(O)CN. The van der Waals surface area contributed by atoms with Gasteiger partial charge in [0.25, 0.3) is 0 Å². The standard InChI is InChI=1S/C16H23N3O/c1-12-18-14-6-2-3-7-15(14)19(12)10-8-13-5-4-9-16(13,20)11-17/h2-3,6-7,13,20H,4-5,8-11,17H2,1H3. The molecule has 3 rings (SSSR count). The van der Waals surface area contributed by atoms with E-state index in [1.54, 1.807) is 0 Å². The summed E-state index contributed by atoms with van der Waals surface area (Å²) in [5, 5.41) is 10.5. The number of para-hydroxylation sites is 2. The lowest BCUT2D eigenvalue weighted by molar-refractivity contribution is 0.00664. The molecule has 0 amide bonds. The Labute approximate surface area is 119 Å². The number of rotatable bonds is 4. The van der Waals surface area contributed by atoms with Crippen molar-refractivity contribution in [3.05, 3.63) is 30.1 Å². The van der Waals surface area contributed by atoms with Gasteiger partial charge in [-0.3, -0.25) is 0 Å². The summed E-state index contributed by atoms with van der Waals surface area (Å²) >= 11 is 0. The number of nitrogens with zero attached hydrogens (tertiary/aromatic N) is 2. The molecule has 20 heavy (non-hydrogen) atoms. The summed E-state index contributed by atoms with van der Waals surface area (Å²) in [5.74, 6) is 1.36. The largest absolute Gasteiger partial charge is 0.388 e. The Balaban J connectivity index is 1.79. The van der Waals surface area contributed by atoms with Crippen LogP contribution in [0.2, 0.25) is 0 Å². The minimum atomic E-state index is -0.649. The van der Waals surface area contributed by atoms with Gasteiger partial charge in [-0.05, 0) is 44.2 Å². The van der Waals surface area contributed by atoms with Gasteiger partial charge < -0.3 is 15.4 Å². The molecule has 0 spiro atoms. The Morgan fingerprint density at radius 3 is 3.05 bits per heavy atom. The third-order valence-electron chi connectivity index (χ3n) is 4.82. The molecule has 3 N–H and O–H groups in total. The van der Waals surface area contributed by atoms with Gasteiger partial charge in [-0.15, -0.1) is 0 Å². The fourth-order valence-corrected chi connectivity index (χ4v) is 3.57. The Hall–Kier alpha value is -1.39. The fraction of sp³-hybridized carbons (Fsp3) is 0.562. The monoisotopic (exact) mass is 273 g/mol. The summed E-state index contributed by atoms with van der Waals surface area (Å²) in [6.07, 6.45) is 3.98. The molecule has 4 nitrogen and oxygen atoms in total. The first-order valence-corrected chi connectivity index (χ1v) is 7.48. The first kappa shape index (κ1) is 13.6. The van der Waals surface area contributed by atoms with E-state index in [1.807, 2.05) is 25.1 Å². The molecule has 1 aliphatic carbocycles. The van der Waals surface area contributed by atoms with Gasteiger partial charge in [-0.1, -0.05) is 18.6 Å². The zero-order valence-electron chi connectivity index (χ0n) is 12.0. The van der Waals surface area contributed by atoms with E-state index in [4.69, 9.17) is 5.73 Å². The van der Waals surface area contributed by atoms with Crippen LogP contribution >= 0.6 is 0 Å². The Morgan fingerprint density at radius 2 is 2.25 bits per heavy atom. The highest BCUT2D eigenvalue weighted by Crippen LogP contribution is 2.37. The molecule has 1 fully saturated rings. The normalized spacial score (nSPS) is 26.4. The van der Waals surface area contributed by atoms with Gasteiger partial charge in [0.2, 0.25) is 0 Å². The molecule has 2 atom stereocenters. The van der Waals surface area contributed by atoms with E-state index in [9.17, 15) is 5.11 Å². The number of hydrogen-bond acceptors (Lipinski definition) is 3. The average Bonchev–Trinajstić information content (AvgIpc) is 2.97. The van der Waals surface area contributed by atoms with Crippen molar-refractivity contribution >= 4 is 11.0 Å². The lowest BCUT2D eigenvalue weighted by Gasteiger charge is -2.28. The number of benzene rings is 1. The number of imidazole rings is 1. The maximum absolute atomic E-state index is 10.5. The summed E-state index contributed by atoms with van der Waals surface area (Å²) in [6, 6.07) is 8.22. The summed E-state index contributed by atoms with van der Waals surface area (Å²) in [5.41, 5.74) is 7.34. The van der Waals surface area contributed by atoms with E-state index in [1.165, 1.54) is 5.52 Å². The van der Waals surface area contributed by atoms with Crippen molar-refractivity contribution < 1.29 is 5.11 Å². The highest BCUT2D eigenvalue weighted by Gasteiger charge is 2.39. The zero-order chi connectivity index (χ0) is 14.2. The van der Waals surface area contributed by atoms with Gasteiger partial charge in [-0.2, -0.15) is 0 Å². The fourth-order valence-electron chi connectivity index (χ4n) is 3.57. The van der Waals surface area contributed by atoms with Gasteiger partial charge in [0, 0.05) is 13.1 Å². The van der Waals surface area contributed by atoms with Crippen molar-refractivity contribution in [1.29, 1.82) is 0 Å². The van der Waals surface area contributed by atoms with Crippen LogP contribution in [-0.4, -0.2) is 26.8 Å². The first-order valence-electron chi connectivity index (χ1n) is 7.48. The van der Waals surface area contributed by atoms with Crippen molar-refractivity contribution in [2.75, 3.05) is 6.54 Å². The summed E-state index contributed by atoms with van der Waals surface area (Å²) in [7, 11) is 0. The number of nitrogens with two attached hydrogens (primary N) is 1. The van der Waals surface area contributed by atoms with Crippen LogP contribution in [0.4, 0.5) is 0 Å². The first-order chi connectivity index (χ1) is 9.64. The Morgan fingerprint density at radius 1 is 1.45 bits per heavy atom. The predicted molar refractivity (Wildman–Crippen MR) is 80.4 cm³/mol. The topological polar surface area (TPSA) is 64.1 Å². The Bertz CT molecular complexity index is 607. The van der Waals surface area contributed by atoms with Crippen LogP contribution in [0, 0.1) is 12.8 Å². The number of hydrogen-bond donors (Lipinski definition) is 2. The highest BCUT2D eigenvalue weighted by atomic mass is 16.3. The van der Waals surface area contributed by atoms with E-state index in [2.05, 4.69) is 15.6 Å². The van der Waals surface area contributed by atoms with Crippen molar-refractivity contribution in [1.82, 2.24) is 9.55 Å². The van der Waals surface area contributed by atoms with E-state index in [0.29, 0.717) is 12.5 Å². The molecule has 4 heteroatoms. The van der Waals surface area contributed by atoms with Gasteiger partial charge in [-0.25, -0.2) is 4.98 Å². The second-order valence-corrected chi connectivity index (χ2v) is 5.98. The Kier molecular flexibility index (Phi) is 3.52. The molecule has 0 aliphatic heterocycles. The van der Waals surface area contributed by atoms with Crippen LogP contribution in [0.5, 0.6) is 0 Å². The molecule has 1 aromatic heterocycles. The number of aryl methyl sites for hydroxylation is 2. The molecule has 0 radical (unpaired) electrons. The van der Waals surface area contributed by atoms with Crippen molar-refractivity contribution in [2.45, 2.75) is 44.8 Å². The predicted octanol–water partition coefficient (Wildman–Crippen LogP) is 2.22. The maximum Gasteiger partial charge on any atom is 0.106 e. The van der Waals surface area contributed by atoms with Crippen molar-refractivity contribution in [2.24, 2.45) is 11.7 Å². The molecule has 1 aliphatic rings. The summed E-state index contributed by atoms with van der Waals surface area (Å²) in [4.78, 5) is 4.59. The second kappa shape index (κ2) is 5.19. The van der Waals surface area contributed by atoms with E-state index < -0.39 is 5.60 Å².